The van der Waals surface area contributed by atoms with Crippen LogP contribution in [0.5, 0.6) is 0 Å². The van der Waals surface area contributed by atoms with Gasteiger partial charge in [-0.3, -0.25) is 0 Å². The lowest BCUT2D eigenvalue weighted by Crippen LogP contribution is -2.66. The molecule has 0 radical (unpaired) electrons. The summed E-state index contributed by atoms with van der Waals surface area (Å²) in [4.78, 5) is 0. The van der Waals surface area contributed by atoms with Crippen LogP contribution in [-0.2, 0) is 16.5 Å². The van der Waals surface area contributed by atoms with Crippen LogP contribution in [0.1, 0.15) is 0 Å². The molecule has 0 aliphatic rings. The highest BCUT2D eigenvalue weighted by Gasteiger charge is 2.49. The van der Waals surface area contributed by atoms with E-state index in [0.717, 1.165) is 10.4 Å². The summed E-state index contributed by atoms with van der Waals surface area (Å²) in [6, 6.07) is 20.6. The van der Waals surface area contributed by atoms with Gasteiger partial charge < -0.3 is 16.5 Å². The van der Waals surface area contributed by atoms with Crippen molar-refractivity contribution in [3.8, 4) is 0 Å². The minimum absolute atomic E-state index is 1.04. The summed E-state index contributed by atoms with van der Waals surface area (Å²) in [5.74, 6) is 0. The molecule has 0 spiro atoms. The van der Waals surface area contributed by atoms with Gasteiger partial charge in [-0.1, -0.05) is 60.7 Å². The summed E-state index contributed by atoms with van der Waals surface area (Å²) < 4.78 is 26.9. The number of hydrogen-bond donors (Lipinski definition) is 0. The Morgan fingerprint density at radius 1 is 0.679 bits per heavy atom. The fourth-order valence-corrected chi connectivity index (χ4v) is 18.2. The van der Waals surface area contributed by atoms with E-state index in [0.29, 0.717) is 0 Å². The third-order valence-corrected chi connectivity index (χ3v) is 17.6. The lowest BCUT2D eigenvalue weighted by Gasteiger charge is -2.39. The molecule has 0 N–H and O–H groups in total. The maximum absolute atomic E-state index is 6.92. The second-order valence-electron chi connectivity index (χ2n) is 8.35. The first-order chi connectivity index (χ1) is 13.1. The van der Waals surface area contributed by atoms with E-state index >= 15 is 0 Å². The molecule has 4 nitrogen and oxygen atoms in total. The second-order valence-corrected chi connectivity index (χ2v) is 23.6. The van der Waals surface area contributed by atoms with Crippen LogP contribution in [0.2, 0.25) is 45.8 Å². The molecule has 2 aromatic rings. The molecular formula is C19H34O4Si5. The lowest BCUT2D eigenvalue weighted by molar-refractivity contribution is 0.264. The van der Waals surface area contributed by atoms with E-state index in [1.165, 1.54) is 0 Å². The van der Waals surface area contributed by atoms with Crippen molar-refractivity contribution in [2.75, 3.05) is 0 Å². The average molecular weight is 467 g/mol. The normalized spacial score (nSPS) is 15.6. The smallest absolute Gasteiger partial charge is 0.438 e. The SMILES string of the molecule is C[SiH](C)O[SiH](O[Si](O[SiH](C)C)(O[Si](C)(C)C)c1ccccc1)c1ccccc1. The van der Waals surface area contributed by atoms with Gasteiger partial charge in [0.05, 0.1) is 0 Å². The predicted molar refractivity (Wildman–Crippen MR) is 130 cm³/mol. The van der Waals surface area contributed by atoms with E-state index in [9.17, 15) is 0 Å². The molecule has 0 aromatic heterocycles. The zero-order valence-electron chi connectivity index (χ0n) is 18.1. The van der Waals surface area contributed by atoms with E-state index in [4.69, 9.17) is 16.5 Å². The summed E-state index contributed by atoms with van der Waals surface area (Å²) >= 11 is 0. The lowest BCUT2D eigenvalue weighted by atomic mass is 10.4. The van der Waals surface area contributed by atoms with Gasteiger partial charge in [0, 0.05) is 5.19 Å². The topological polar surface area (TPSA) is 36.9 Å². The van der Waals surface area contributed by atoms with Crippen LogP contribution in [0.15, 0.2) is 60.7 Å². The zero-order valence-corrected chi connectivity index (χ0v) is 23.6. The predicted octanol–water partition coefficient (Wildman–Crippen LogP) is 2.83. The van der Waals surface area contributed by atoms with E-state index in [1.807, 2.05) is 36.4 Å². The summed E-state index contributed by atoms with van der Waals surface area (Å²) in [7, 11) is -9.94. The highest BCUT2D eigenvalue weighted by molar-refractivity contribution is 6.92. The average Bonchev–Trinajstić information content (AvgIpc) is 2.60. The molecule has 2 rings (SSSR count). The molecule has 2 atom stereocenters. The Balaban J connectivity index is 2.54. The highest BCUT2D eigenvalue weighted by atomic mass is 28.5. The number of hydrogen-bond acceptors (Lipinski definition) is 4. The molecule has 0 saturated carbocycles. The van der Waals surface area contributed by atoms with Crippen molar-refractivity contribution in [2.24, 2.45) is 0 Å². The summed E-state index contributed by atoms with van der Waals surface area (Å²) in [5, 5.41) is 2.19. The van der Waals surface area contributed by atoms with Crippen LogP contribution in [-0.4, -0.2) is 44.5 Å². The van der Waals surface area contributed by atoms with Gasteiger partial charge in [-0.15, -0.1) is 0 Å². The van der Waals surface area contributed by atoms with E-state index in [2.05, 4.69) is 70.1 Å². The van der Waals surface area contributed by atoms with E-state index in [-0.39, 0.29) is 0 Å². The molecule has 0 bridgehead atoms. The standard InChI is InChI=1S/C19H34O4Si5/c1-24(2)20-26(18-14-10-8-11-15-18)22-28(21-25(3)4,23-27(5,6)7)19-16-12-9-13-17-19/h8-17,24-26H,1-7H3. The van der Waals surface area contributed by atoms with Gasteiger partial charge in [0.15, 0.2) is 26.4 Å². The minimum atomic E-state index is -3.10. The quantitative estimate of drug-likeness (QED) is 0.505. The van der Waals surface area contributed by atoms with Crippen molar-refractivity contribution < 1.29 is 16.5 Å². The van der Waals surface area contributed by atoms with Crippen LogP contribution in [0.25, 0.3) is 0 Å². The van der Waals surface area contributed by atoms with Crippen molar-refractivity contribution in [3.05, 3.63) is 60.7 Å². The zero-order chi connectivity index (χ0) is 20.8. The van der Waals surface area contributed by atoms with Gasteiger partial charge in [-0.05, 0) is 51.0 Å². The molecule has 2 aromatic carbocycles. The van der Waals surface area contributed by atoms with Crippen molar-refractivity contribution in [1.82, 2.24) is 0 Å². The van der Waals surface area contributed by atoms with Gasteiger partial charge in [0.1, 0.15) is 0 Å². The molecule has 0 saturated heterocycles. The van der Waals surface area contributed by atoms with Gasteiger partial charge in [0.2, 0.25) is 0 Å². The van der Waals surface area contributed by atoms with Gasteiger partial charge >= 0.3 is 18.1 Å². The molecule has 154 valence electrons. The Hall–Kier alpha value is -0.636. The molecule has 0 fully saturated rings. The molecular weight excluding hydrogens is 433 g/mol. The first-order valence-electron chi connectivity index (χ1n) is 9.93. The monoisotopic (exact) mass is 466 g/mol. The third kappa shape index (κ3) is 7.32. The van der Waals surface area contributed by atoms with Crippen molar-refractivity contribution in [1.29, 1.82) is 0 Å². The summed E-state index contributed by atoms with van der Waals surface area (Å²) in [6.07, 6.45) is 0. The summed E-state index contributed by atoms with van der Waals surface area (Å²) in [5.41, 5.74) is 0. The highest BCUT2D eigenvalue weighted by Crippen LogP contribution is 2.20. The molecule has 0 amide bonds. The summed E-state index contributed by atoms with van der Waals surface area (Å²) in [6.45, 7) is 15.3. The van der Waals surface area contributed by atoms with Crippen LogP contribution in [0, 0.1) is 0 Å². The van der Waals surface area contributed by atoms with Gasteiger partial charge in [-0.25, -0.2) is 0 Å². The molecule has 0 aliphatic heterocycles. The Kier molecular flexibility index (Phi) is 8.79. The Morgan fingerprint density at radius 3 is 1.68 bits per heavy atom. The number of rotatable bonds is 10. The number of benzene rings is 2. The van der Waals surface area contributed by atoms with Gasteiger partial charge in [0.25, 0.3) is 0 Å². The Bertz CT molecular complexity index is 709. The Morgan fingerprint density at radius 2 is 1.21 bits per heavy atom. The minimum Gasteiger partial charge on any atom is -0.438 e. The largest absolute Gasteiger partial charge is 0.507 e. The van der Waals surface area contributed by atoms with Gasteiger partial charge in [-0.2, -0.15) is 0 Å². The molecule has 0 aliphatic carbocycles. The van der Waals surface area contributed by atoms with Crippen LogP contribution in [0.4, 0.5) is 0 Å². The fourth-order valence-electron chi connectivity index (χ4n) is 2.80. The maximum atomic E-state index is 6.92. The van der Waals surface area contributed by atoms with Crippen LogP contribution < -0.4 is 10.4 Å². The van der Waals surface area contributed by atoms with Crippen molar-refractivity contribution in [3.63, 3.8) is 0 Å². The van der Waals surface area contributed by atoms with Crippen molar-refractivity contribution >= 4 is 54.9 Å². The molecule has 9 heteroatoms. The van der Waals surface area contributed by atoms with E-state index < -0.39 is 44.5 Å². The van der Waals surface area contributed by atoms with E-state index in [1.54, 1.807) is 0 Å². The maximum Gasteiger partial charge on any atom is 0.507 e. The first kappa shape index (κ1) is 23.6. The molecule has 28 heavy (non-hydrogen) atoms. The molecule has 0 heterocycles. The fraction of sp³-hybridized carbons (Fsp3) is 0.368. The third-order valence-electron chi connectivity index (χ3n) is 3.69. The first-order valence-corrected chi connectivity index (χ1v) is 22.1. The second kappa shape index (κ2) is 10.4. The van der Waals surface area contributed by atoms with Crippen LogP contribution in [0.3, 0.4) is 0 Å². The van der Waals surface area contributed by atoms with Crippen molar-refractivity contribution in [2.45, 2.75) is 45.8 Å². The molecule has 2 unspecified atom stereocenters. The Labute approximate surface area is 177 Å². The van der Waals surface area contributed by atoms with Crippen LogP contribution >= 0.6 is 0 Å².